The van der Waals surface area contributed by atoms with E-state index < -0.39 is 0 Å². The van der Waals surface area contributed by atoms with Crippen LogP contribution in [0.15, 0.2) is 18.2 Å². The molecule has 1 aromatic rings. The van der Waals surface area contributed by atoms with Crippen molar-refractivity contribution in [1.29, 1.82) is 0 Å². The normalized spacial score (nSPS) is 10.0. The summed E-state index contributed by atoms with van der Waals surface area (Å²) >= 11 is 5.05. The third kappa shape index (κ3) is 3.43. The maximum absolute atomic E-state index is 11.7. The van der Waals surface area contributed by atoms with E-state index in [-0.39, 0.29) is 5.91 Å². The molecule has 0 aliphatic rings. The molecular weight excluding hydrogens is 246 g/mol. The van der Waals surface area contributed by atoms with Crippen LogP contribution in [0.5, 0.6) is 0 Å². The number of likely N-dealkylation sites (N-methyl/N-ethyl adjacent to an activating group) is 2. The summed E-state index contributed by atoms with van der Waals surface area (Å²) in [5.74, 6) is 0.0342. The highest BCUT2D eigenvalue weighted by atomic mass is 32.1. The SMILES string of the molecule is Cc1ccc(N(C)CC(=O)N(C)C)c(C(N)=S)c1. The molecule has 98 valence electrons. The van der Waals surface area contributed by atoms with E-state index >= 15 is 0 Å². The topological polar surface area (TPSA) is 49.6 Å². The summed E-state index contributed by atoms with van der Waals surface area (Å²) in [4.78, 5) is 15.5. The summed E-state index contributed by atoms with van der Waals surface area (Å²) < 4.78 is 0. The number of anilines is 1. The standard InChI is InChI=1S/C13H19N3OS/c1-9-5-6-11(10(7-9)13(14)18)16(4)8-12(17)15(2)3/h5-7H,8H2,1-4H3,(H2,14,18). The van der Waals surface area contributed by atoms with Crippen LogP contribution in [-0.4, -0.2) is 43.5 Å². The van der Waals surface area contributed by atoms with Crippen LogP contribution in [0.1, 0.15) is 11.1 Å². The number of thiocarbonyl (C=S) groups is 1. The molecular formula is C13H19N3OS. The summed E-state index contributed by atoms with van der Waals surface area (Å²) in [5, 5.41) is 0. The quantitative estimate of drug-likeness (QED) is 0.830. The fourth-order valence-corrected chi connectivity index (χ4v) is 1.77. The lowest BCUT2D eigenvalue weighted by molar-refractivity contribution is -0.127. The Kier molecular flexibility index (Phi) is 4.67. The van der Waals surface area contributed by atoms with Crippen molar-refractivity contribution in [2.75, 3.05) is 32.6 Å². The molecule has 0 saturated heterocycles. The molecule has 0 fully saturated rings. The Morgan fingerprint density at radius 1 is 1.33 bits per heavy atom. The zero-order valence-corrected chi connectivity index (χ0v) is 12.0. The summed E-state index contributed by atoms with van der Waals surface area (Å²) in [7, 11) is 5.33. The lowest BCUT2D eigenvalue weighted by Crippen LogP contribution is -2.35. The lowest BCUT2D eigenvalue weighted by Gasteiger charge is -2.23. The van der Waals surface area contributed by atoms with Crippen molar-refractivity contribution >= 4 is 28.8 Å². The third-order valence-electron chi connectivity index (χ3n) is 2.70. The van der Waals surface area contributed by atoms with Gasteiger partial charge in [-0.2, -0.15) is 0 Å². The summed E-state index contributed by atoms with van der Waals surface area (Å²) in [6.07, 6.45) is 0. The van der Waals surface area contributed by atoms with Crippen LogP contribution in [0.25, 0.3) is 0 Å². The van der Waals surface area contributed by atoms with Crippen molar-refractivity contribution in [2.45, 2.75) is 6.92 Å². The third-order valence-corrected chi connectivity index (χ3v) is 2.92. The number of hydrogen-bond donors (Lipinski definition) is 1. The van der Waals surface area contributed by atoms with Gasteiger partial charge in [-0.25, -0.2) is 0 Å². The van der Waals surface area contributed by atoms with Gasteiger partial charge in [-0.05, 0) is 19.1 Å². The van der Waals surface area contributed by atoms with Gasteiger partial charge in [0.15, 0.2) is 0 Å². The molecule has 0 aliphatic carbocycles. The molecule has 0 unspecified atom stereocenters. The van der Waals surface area contributed by atoms with Crippen molar-refractivity contribution in [3.05, 3.63) is 29.3 Å². The molecule has 0 atom stereocenters. The van der Waals surface area contributed by atoms with Crippen LogP contribution < -0.4 is 10.6 Å². The summed E-state index contributed by atoms with van der Waals surface area (Å²) in [6, 6.07) is 5.86. The maximum Gasteiger partial charge on any atom is 0.241 e. The van der Waals surface area contributed by atoms with Crippen LogP contribution in [0.4, 0.5) is 5.69 Å². The van der Waals surface area contributed by atoms with Gasteiger partial charge in [-0.3, -0.25) is 4.79 Å². The highest BCUT2D eigenvalue weighted by Crippen LogP contribution is 2.20. The molecule has 1 amide bonds. The van der Waals surface area contributed by atoms with Crippen molar-refractivity contribution in [1.82, 2.24) is 4.90 Å². The molecule has 0 aliphatic heterocycles. The van der Waals surface area contributed by atoms with Gasteiger partial charge in [0, 0.05) is 32.4 Å². The van der Waals surface area contributed by atoms with Crippen LogP contribution in [0.2, 0.25) is 0 Å². The number of nitrogens with zero attached hydrogens (tertiary/aromatic N) is 2. The number of carbonyl (C=O) groups excluding carboxylic acids is 1. The molecule has 0 saturated carbocycles. The Hall–Kier alpha value is -1.62. The van der Waals surface area contributed by atoms with Crippen molar-refractivity contribution < 1.29 is 4.79 Å². The average molecular weight is 265 g/mol. The first kappa shape index (κ1) is 14.4. The van der Waals surface area contributed by atoms with E-state index in [0.717, 1.165) is 16.8 Å². The zero-order valence-electron chi connectivity index (χ0n) is 11.2. The maximum atomic E-state index is 11.7. The number of hydrogen-bond acceptors (Lipinski definition) is 3. The summed E-state index contributed by atoms with van der Waals surface area (Å²) in [5.41, 5.74) is 8.50. The fourth-order valence-electron chi connectivity index (χ4n) is 1.61. The van der Waals surface area contributed by atoms with Crippen LogP contribution in [0.3, 0.4) is 0 Å². The average Bonchev–Trinajstić information content (AvgIpc) is 2.28. The second-order valence-electron chi connectivity index (χ2n) is 4.53. The predicted octanol–water partition coefficient (Wildman–Crippen LogP) is 1.15. The molecule has 0 bridgehead atoms. The van der Waals surface area contributed by atoms with Gasteiger partial charge in [-0.15, -0.1) is 0 Å². The van der Waals surface area contributed by atoms with Crippen LogP contribution in [0, 0.1) is 6.92 Å². The van der Waals surface area contributed by atoms with Gasteiger partial charge in [0.1, 0.15) is 4.99 Å². The Labute approximate surface area is 113 Å². The second-order valence-corrected chi connectivity index (χ2v) is 4.97. The molecule has 0 aromatic heterocycles. The Morgan fingerprint density at radius 3 is 2.44 bits per heavy atom. The minimum absolute atomic E-state index is 0.0342. The molecule has 0 spiro atoms. The predicted molar refractivity (Wildman–Crippen MR) is 79.0 cm³/mol. The van der Waals surface area contributed by atoms with E-state index in [2.05, 4.69) is 0 Å². The van der Waals surface area contributed by atoms with Gasteiger partial charge in [0.05, 0.1) is 6.54 Å². The van der Waals surface area contributed by atoms with E-state index in [1.54, 1.807) is 19.0 Å². The highest BCUT2D eigenvalue weighted by molar-refractivity contribution is 7.80. The number of rotatable bonds is 4. The molecule has 5 heteroatoms. The van der Waals surface area contributed by atoms with E-state index in [9.17, 15) is 4.79 Å². The second kappa shape index (κ2) is 5.82. The smallest absolute Gasteiger partial charge is 0.241 e. The Bertz CT molecular complexity index is 471. The highest BCUT2D eigenvalue weighted by Gasteiger charge is 2.13. The molecule has 1 rings (SSSR count). The minimum atomic E-state index is 0.0342. The van der Waals surface area contributed by atoms with Gasteiger partial charge >= 0.3 is 0 Å². The minimum Gasteiger partial charge on any atom is -0.389 e. The molecule has 4 nitrogen and oxygen atoms in total. The van der Waals surface area contributed by atoms with E-state index in [1.165, 1.54) is 0 Å². The van der Waals surface area contributed by atoms with Gasteiger partial charge < -0.3 is 15.5 Å². The fraction of sp³-hybridized carbons (Fsp3) is 0.385. The van der Waals surface area contributed by atoms with Crippen molar-refractivity contribution in [3.8, 4) is 0 Å². The number of aryl methyl sites for hydroxylation is 1. The first-order chi connectivity index (χ1) is 8.32. The summed E-state index contributed by atoms with van der Waals surface area (Å²) in [6.45, 7) is 2.28. The molecule has 1 aromatic carbocycles. The Morgan fingerprint density at radius 2 is 1.94 bits per heavy atom. The van der Waals surface area contributed by atoms with Crippen molar-refractivity contribution in [3.63, 3.8) is 0 Å². The van der Waals surface area contributed by atoms with Gasteiger partial charge in [-0.1, -0.05) is 23.8 Å². The molecule has 0 radical (unpaired) electrons. The van der Waals surface area contributed by atoms with Crippen molar-refractivity contribution in [2.24, 2.45) is 5.73 Å². The van der Waals surface area contributed by atoms with Crippen LogP contribution >= 0.6 is 12.2 Å². The van der Waals surface area contributed by atoms with E-state index in [1.807, 2.05) is 37.1 Å². The first-order valence-corrected chi connectivity index (χ1v) is 6.05. The molecule has 18 heavy (non-hydrogen) atoms. The van der Waals surface area contributed by atoms with Gasteiger partial charge in [0.2, 0.25) is 5.91 Å². The number of amides is 1. The zero-order chi connectivity index (χ0) is 13.9. The van der Waals surface area contributed by atoms with Gasteiger partial charge in [0.25, 0.3) is 0 Å². The van der Waals surface area contributed by atoms with E-state index in [0.29, 0.717) is 11.5 Å². The van der Waals surface area contributed by atoms with E-state index in [4.69, 9.17) is 18.0 Å². The number of carbonyl (C=O) groups is 1. The number of nitrogens with two attached hydrogens (primary N) is 1. The Balaban J connectivity index is 3.02. The largest absolute Gasteiger partial charge is 0.389 e. The monoisotopic (exact) mass is 265 g/mol. The molecule has 2 N–H and O–H groups in total. The first-order valence-electron chi connectivity index (χ1n) is 5.64. The lowest BCUT2D eigenvalue weighted by atomic mass is 10.1. The number of benzene rings is 1. The van der Waals surface area contributed by atoms with Crippen LogP contribution in [-0.2, 0) is 4.79 Å². The molecule has 0 heterocycles.